The van der Waals surface area contributed by atoms with Crippen LogP contribution < -0.4 is 4.72 Å². The third-order valence-electron chi connectivity index (χ3n) is 3.69. The molecular formula is C17H16ClNO4S2. The van der Waals surface area contributed by atoms with Crippen LogP contribution in [0.3, 0.4) is 0 Å². The van der Waals surface area contributed by atoms with Gasteiger partial charge in [-0.2, -0.15) is 0 Å². The van der Waals surface area contributed by atoms with Gasteiger partial charge in [0.2, 0.25) is 10.0 Å². The van der Waals surface area contributed by atoms with E-state index in [0.717, 1.165) is 4.88 Å². The topological polar surface area (TPSA) is 79.5 Å². The summed E-state index contributed by atoms with van der Waals surface area (Å²) in [6.45, 7) is 1.51. The molecule has 2 heterocycles. The van der Waals surface area contributed by atoms with Crippen LogP contribution in [0, 0.1) is 6.92 Å². The highest BCUT2D eigenvalue weighted by Crippen LogP contribution is 2.31. The van der Waals surface area contributed by atoms with Crippen LogP contribution in [0.1, 0.15) is 16.5 Å². The minimum Gasteiger partial charge on any atom is -0.464 e. The summed E-state index contributed by atoms with van der Waals surface area (Å²) < 4.78 is 32.6. The maximum absolute atomic E-state index is 12.4. The molecule has 25 heavy (non-hydrogen) atoms. The van der Waals surface area contributed by atoms with Crippen molar-refractivity contribution in [3.63, 3.8) is 0 Å². The highest BCUT2D eigenvalue weighted by Gasteiger charge is 2.20. The molecule has 0 amide bonds. The molecule has 5 nitrogen and oxygen atoms in total. The third-order valence-corrected chi connectivity index (χ3v) is 6.87. The first-order valence-corrected chi connectivity index (χ1v) is 10.1. The van der Waals surface area contributed by atoms with Gasteiger partial charge in [-0.25, -0.2) is 13.1 Å². The smallest absolute Gasteiger partial charge is 0.240 e. The molecule has 0 aliphatic heterocycles. The molecule has 1 atom stereocenters. The summed E-state index contributed by atoms with van der Waals surface area (Å²) in [5.41, 5.74) is 0.474. The largest absolute Gasteiger partial charge is 0.464 e. The van der Waals surface area contributed by atoms with Crippen molar-refractivity contribution in [2.24, 2.45) is 0 Å². The molecule has 3 aromatic rings. The number of thiophene rings is 1. The van der Waals surface area contributed by atoms with E-state index in [2.05, 4.69) is 4.72 Å². The molecule has 0 radical (unpaired) electrons. The monoisotopic (exact) mass is 397 g/mol. The fourth-order valence-corrected chi connectivity index (χ4v) is 4.83. The summed E-state index contributed by atoms with van der Waals surface area (Å²) in [4.78, 5) is 1.62. The predicted molar refractivity (Wildman–Crippen MR) is 98.4 cm³/mol. The Morgan fingerprint density at radius 2 is 2.04 bits per heavy atom. The molecule has 0 aliphatic carbocycles. The first kappa shape index (κ1) is 18.2. The van der Waals surface area contributed by atoms with E-state index in [9.17, 15) is 13.5 Å². The average molecular weight is 398 g/mol. The molecule has 132 valence electrons. The number of halogens is 1. The summed E-state index contributed by atoms with van der Waals surface area (Å²) in [6.07, 6.45) is 0.620. The van der Waals surface area contributed by atoms with Gasteiger partial charge in [-0.05, 0) is 48.9 Å². The number of aliphatic hydroxyl groups is 1. The fourth-order valence-electron chi connectivity index (χ4n) is 2.33. The van der Waals surface area contributed by atoms with Crippen LogP contribution in [0.5, 0.6) is 0 Å². The van der Waals surface area contributed by atoms with Gasteiger partial charge in [-0.3, -0.25) is 0 Å². The number of sulfonamides is 1. The van der Waals surface area contributed by atoms with Crippen LogP contribution in [-0.2, 0) is 10.0 Å². The first-order chi connectivity index (χ1) is 11.9. The summed E-state index contributed by atoms with van der Waals surface area (Å²) in [7, 11) is -3.76. The van der Waals surface area contributed by atoms with E-state index in [1.54, 1.807) is 37.5 Å². The van der Waals surface area contributed by atoms with Crippen molar-refractivity contribution < 1.29 is 17.9 Å². The van der Waals surface area contributed by atoms with Crippen LogP contribution in [0.4, 0.5) is 0 Å². The Labute approximate surface area is 154 Å². The first-order valence-electron chi connectivity index (χ1n) is 7.45. The number of nitrogens with one attached hydrogen (secondary N) is 1. The zero-order valence-corrected chi connectivity index (χ0v) is 15.7. The molecule has 2 N–H and O–H groups in total. The average Bonchev–Trinajstić information content (AvgIpc) is 3.26. The second kappa shape index (κ2) is 7.31. The number of aliphatic hydroxyl groups excluding tert-OH is 1. The Kier molecular flexibility index (Phi) is 5.31. The third kappa shape index (κ3) is 3.96. The molecular weight excluding hydrogens is 382 g/mol. The number of furan rings is 1. The molecule has 3 rings (SSSR count). The van der Waals surface area contributed by atoms with Crippen molar-refractivity contribution in [1.29, 1.82) is 0 Å². The van der Waals surface area contributed by atoms with Crippen LogP contribution >= 0.6 is 22.9 Å². The normalized spacial score (nSPS) is 13.1. The Bertz CT molecular complexity index is 964. The van der Waals surface area contributed by atoms with Crippen molar-refractivity contribution in [1.82, 2.24) is 4.72 Å². The molecule has 0 bridgehead atoms. The molecule has 1 aromatic carbocycles. The van der Waals surface area contributed by atoms with E-state index in [1.807, 2.05) is 12.1 Å². The minimum atomic E-state index is -3.76. The van der Waals surface area contributed by atoms with Gasteiger partial charge in [0.1, 0.15) is 11.9 Å². The molecule has 0 fully saturated rings. The lowest BCUT2D eigenvalue weighted by Crippen LogP contribution is -2.28. The number of rotatable bonds is 6. The Balaban J connectivity index is 1.71. The molecule has 8 heteroatoms. The Hall–Kier alpha value is -1.64. The van der Waals surface area contributed by atoms with E-state index >= 15 is 0 Å². The molecule has 0 saturated carbocycles. The summed E-state index contributed by atoms with van der Waals surface area (Å²) in [6, 6.07) is 11.9. The molecule has 2 aromatic heterocycles. The van der Waals surface area contributed by atoms with Gasteiger partial charge < -0.3 is 9.52 Å². The predicted octanol–water partition coefficient (Wildman–Crippen LogP) is 3.98. The van der Waals surface area contributed by atoms with Gasteiger partial charge in [-0.15, -0.1) is 11.3 Å². The van der Waals surface area contributed by atoms with E-state index in [-0.39, 0.29) is 11.4 Å². The standard InChI is InChI=1S/C17H16ClNO4S2/c1-11-12(18)4-2-6-17(11)25(21,22)19-10-13(20)15-7-8-16(24-15)14-5-3-9-23-14/h2-9,13,19-20H,10H2,1H3. The SMILES string of the molecule is Cc1c(Cl)cccc1S(=O)(=O)NCC(O)c1ccc(-c2ccco2)s1. The van der Waals surface area contributed by atoms with Crippen LogP contribution in [0.2, 0.25) is 5.02 Å². The highest BCUT2D eigenvalue weighted by atomic mass is 35.5. The zero-order chi connectivity index (χ0) is 18.0. The molecule has 1 unspecified atom stereocenters. The summed E-state index contributed by atoms with van der Waals surface area (Å²) in [5, 5.41) is 10.7. The van der Waals surface area contributed by atoms with Gasteiger partial charge in [0.15, 0.2) is 0 Å². The van der Waals surface area contributed by atoms with Crippen molar-refractivity contribution in [2.75, 3.05) is 6.54 Å². The Morgan fingerprint density at radius 3 is 2.76 bits per heavy atom. The minimum absolute atomic E-state index is 0.106. The van der Waals surface area contributed by atoms with Gasteiger partial charge in [0.25, 0.3) is 0 Å². The number of hydrogen-bond donors (Lipinski definition) is 2. The van der Waals surface area contributed by atoms with E-state index in [1.165, 1.54) is 17.4 Å². The van der Waals surface area contributed by atoms with E-state index in [4.69, 9.17) is 16.0 Å². The van der Waals surface area contributed by atoms with Crippen LogP contribution in [-0.4, -0.2) is 20.1 Å². The van der Waals surface area contributed by atoms with Gasteiger partial charge >= 0.3 is 0 Å². The van der Waals surface area contributed by atoms with Crippen LogP contribution in [0.15, 0.2) is 58.0 Å². The highest BCUT2D eigenvalue weighted by molar-refractivity contribution is 7.89. The fraction of sp³-hybridized carbons (Fsp3) is 0.176. The van der Waals surface area contributed by atoms with Gasteiger partial charge in [-0.1, -0.05) is 17.7 Å². The summed E-state index contributed by atoms with van der Waals surface area (Å²) >= 11 is 7.33. The number of hydrogen-bond acceptors (Lipinski definition) is 5. The van der Waals surface area contributed by atoms with Crippen LogP contribution in [0.25, 0.3) is 10.6 Å². The number of benzene rings is 1. The van der Waals surface area contributed by atoms with Gasteiger partial charge in [0.05, 0.1) is 16.0 Å². The van der Waals surface area contributed by atoms with Crippen molar-refractivity contribution >= 4 is 33.0 Å². The van der Waals surface area contributed by atoms with Crippen molar-refractivity contribution in [2.45, 2.75) is 17.9 Å². The van der Waals surface area contributed by atoms with Gasteiger partial charge in [0, 0.05) is 16.4 Å². The van der Waals surface area contributed by atoms with E-state index in [0.29, 0.717) is 21.2 Å². The zero-order valence-electron chi connectivity index (χ0n) is 13.3. The maximum atomic E-state index is 12.4. The van der Waals surface area contributed by atoms with E-state index < -0.39 is 16.1 Å². The van der Waals surface area contributed by atoms with Crippen molar-refractivity contribution in [3.05, 3.63) is 64.2 Å². The lowest BCUT2D eigenvalue weighted by Gasteiger charge is -2.13. The van der Waals surface area contributed by atoms with Crippen molar-refractivity contribution in [3.8, 4) is 10.6 Å². The quantitative estimate of drug-likeness (QED) is 0.659. The lowest BCUT2D eigenvalue weighted by atomic mass is 10.2. The Morgan fingerprint density at radius 1 is 1.24 bits per heavy atom. The maximum Gasteiger partial charge on any atom is 0.240 e. The molecule has 0 saturated heterocycles. The lowest BCUT2D eigenvalue weighted by molar-refractivity contribution is 0.186. The second-order valence-corrected chi connectivity index (χ2v) is 8.67. The second-order valence-electron chi connectivity index (χ2n) is 5.41. The summed E-state index contributed by atoms with van der Waals surface area (Å²) in [5.74, 6) is 0.707. The molecule has 0 spiro atoms. The molecule has 0 aliphatic rings.